The van der Waals surface area contributed by atoms with E-state index < -0.39 is 0 Å². The molecule has 1 aromatic carbocycles. The highest BCUT2D eigenvalue weighted by atomic mass is 35.5. The van der Waals surface area contributed by atoms with Crippen molar-refractivity contribution in [2.45, 2.75) is 5.22 Å². The Morgan fingerprint density at radius 3 is 3.00 bits per heavy atom. The van der Waals surface area contributed by atoms with Gasteiger partial charge in [0.2, 0.25) is 5.91 Å². The Morgan fingerprint density at radius 2 is 2.12 bits per heavy atom. The summed E-state index contributed by atoms with van der Waals surface area (Å²) in [6, 6.07) is 11.2. The fourth-order valence-electron chi connectivity index (χ4n) is 2.42. The van der Waals surface area contributed by atoms with E-state index in [4.69, 9.17) is 16.0 Å². The number of rotatable bonds is 5. The number of para-hydroxylation sites is 1. The highest BCUT2D eigenvalue weighted by Crippen LogP contribution is 2.29. The molecule has 3 aromatic heterocycles. The van der Waals surface area contributed by atoms with Crippen molar-refractivity contribution in [1.82, 2.24) is 20.2 Å². The van der Waals surface area contributed by atoms with Crippen LogP contribution in [0.4, 0.5) is 5.69 Å². The molecule has 130 valence electrons. The predicted molar refractivity (Wildman–Crippen MR) is 100 cm³/mol. The molecule has 0 saturated heterocycles. The Labute approximate surface area is 157 Å². The van der Waals surface area contributed by atoms with Crippen molar-refractivity contribution in [2.24, 2.45) is 0 Å². The lowest BCUT2D eigenvalue weighted by Crippen LogP contribution is -2.14. The van der Waals surface area contributed by atoms with Crippen molar-refractivity contribution in [2.75, 3.05) is 11.1 Å². The van der Waals surface area contributed by atoms with Crippen molar-refractivity contribution in [3.63, 3.8) is 0 Å². The van der Waals surface area contributed by atoms with Gasteiger partial charge in [-0.2, -0.15) is 0 Å². The minimum atomic E-state index is -0.239. The van der Waals surface area contributed by atoms with E-state index in [0.717, 1.165) is 28.2 Å². The van der Waals surface area contributed by atoms with Gasteiger partial charge < -0.3 is 14.7 Å². The number of carbonyl (C=O) groups is 1. The summed E-state index contributed by atoms with van der Waals surface area (Å²) < 4.78 is 5.66. The van der Waals surface area contributed by atoms with Gasteiger partial charge in [-0.05, 0) is 18.2 Å². The van der Waals surface area contributed by atoms with Crippen LogP contribution < -0.4 is 5.32 Å². The van der Waals surface area contributed by atoms with Crippen molar-refractivity contribution < 1.29 is 9.21 Å². The Balaban J connectivity index is 1.42. The number of aromatic nitrogens is 4. The van der Waals surface area contributed by atoms with Crippen LogP contribution in [0.2, 0.25) is 5.15 Å². The maximum atomic E-state index is 12.0. The smallest absolute Gasteiger partial charge is 0.277 e. The van der Waals surface area contributed by atoms with Gasteiger partial charge >= 0.3 is 0 Å². The zero-order valence-electron chi connectivity index (χ0n) is 13.3. The van der Waals surface area contributed by atoms with Crippen LogP contribution >= 0.6 is 23.4 Å². The second-order valence-electron chi connectivity index (χ2n) is 5.30. The van der Waals surface area contributed by atoms with E-state index in [9.17, 15) is 4.79 Å². The van der Waals surface area contributed by atoms with Gasteiger partial charge in [0.15, 0.2) is 5.15 Å². The standard InChI is InChI=1S/C17H12ClN5O2S/c18-15-13(6-3-7-19-15)21-14(24)9-26-17-23-22-16(25-17)11-8-20-12-5-2-1-4-10(11)12/h1-8,20H,9H2,(H,21,24). The largest absolute Gasteiger partial charge is 0.411 e. The zero-order chi connectivity index (χ0) is 17.9. The minimum Gasteiger partial charge on any atom is -0.411 e. The molecule has 0 aliphatic heterocycles. The molecular formula is C17H12ClN5O2S. The van der Waals surface area contributed by atoms with Crippen molar-refractivity contribution in [1.29, 1.82) is 0 Å². The highest BCUT2D eigenvalue weighted by Gasteiger charge is 2.15. The molecule has 0 unspecified atom stereocenters. The van der Waals surface area contributed by atoms with E-state index in [1.165, 1.54) is 0 Å². The summed E-state index contributed by atoms with van der Waals surface area (Å²) in [5, 5.41) is 12.3. The molecule has 26 heavy (non-hydrogen) atoms. The number of thioether (sulfide) groups is 1. The number of nitrogens with zero attached hydrogens (tertiary/aromatic N) is 3. The molecule has 0 aliphatic carbocycles. The van der Waals surface area contributed by atoms with Crippen LogP contribution in [0.5, 0.6) is 0 Å². The van der Waals surface area contributed by atoms with E-state index >= 15 is 0 Å². The number of hydrogen-bond donors (Lipinski definition) is 2. The molecule has 0 spiro atoms. The first-order valence-electron chi connectivity index (χ1n) is 7.64. The number of benzene rings is 1. The fraction of sp³-hybridized carbons (Fsp3) is 0.0588. The first-order chi connectivity index (χ1) is 12.7. The number of aromatic amines is 1. The maximum absolute atomic E-state index is 12.0. The lowest BCUT2D eigenvalue weighted by molar-refractivity contribution is -0.113. The Bertz CT molecular complexity index is 1080. The lowest BCUT2D eigenvalue weighted by Gasteiger charge is -2.04. The third kappa shape index (κ3) is 3.42. The molecule has 0 saturated carbocycles. The number of hydrogen-bond acceptors (Lipinski definition) is 6. The maximum Gasteiger partial charge on any atom is 0.277 e. The number of fused-ring (bicyclic) bond motifs is 1. The Kier molecular flexibility index (Phi) is 4.59. The fourth-order valence-corrected chi connectivity index (χ4v) is 3.15. The van der Waals surface area contributed by atoms with Gasteiger partial charge in [-0.1, -0.05) is 41.6 Å². The van der Waals surface area contributed by atoms with Gasteiger partial charge in [-0.3, -0.25) is 4.79 Å². The quantitative estimate of drug-likeness (QED) is 0.398. The molecule has 2 N–H and O–H groups in total. The summed E-state index contributed by atoms with van der Waals surface area (Å²) >= 11 is 7.07. The molecule has 4 rings (SSSR count). The molecule has 0 aliphatic rings. The number of anilines is 1. The van der Waals surface area contributed by atoms with Gasteiger partial charge in [0, 0.05) is 23.3 Å². The van der Waals surface area contributed by atoms with E-state index in [1.54, 1.807) is 18.3 Å². The second kappa shape index (κ2) is 7.19. The molecule has 0 fully saturated rings. The van der Waals surface area contributed by atoms with Crippen molar-refractivity contribution >= 4 is 45.9 Å². The predicted octanol–water partition coefficient (Wildman–Crippen LogP) is 4.00. The molecule has 9 heteroatoms. The van der Waals surface area contributed by atoms with Crippen LogP contribution in [-0.2, 0) is 4.79 Å². The summed E-state index contributed by atoms with van der Waals surface area (Å²) in [4.78, 5) is 19.1. The van der Waals surface area contributed by atoms with Crippen molar-refractivity contribution in [3.05, 3.63) is 53.9 Å². The van der Waals surface area contributed by atoms with Crippen LogP contribution in [-0.4, -0.2) is 31.8 Å². The van der Waals surface area contributed by atoms with E-state index in [-0.39, 0.29) is 16.8 Å². The van der Waals surface area contributed by atoms with E-state index in [0.29, 0.717) is 16.8 Å². The van der Waals surface area contributed by atoms with Crippen LogP contribution in [0.3, 0.4) is 0 Å². The molecule has 0 bridgehead atoms. The lowest BCUT2D eigenvalue weighted by atomic mass is 10.2. The van der Waals surface area contributed by atoms with Crippen LogP contribution in [0.15, 0.2) is 58.4 Å². The normalized spacial score (nSPS) is 11.0. The first-order valence-corrected chi connectivity index (χ1v) is 9.00. The number of halogens is 1. The molecular weight excluding hydrogens is 374 g/mol. The summed E-state index contributed by atoms with van der Waals surface area (Å²) in [5.41, 5.74) is 2.28. The van der Waals surface area contributed by atoms with E-state index in [1.807, 2.05) is 30.5 Å². The SMILES string of the molecule is O=C(CSc1nnc(-c2c[nH]c3ccccc23)o1)Nc1cccnc1Cl. The highest BCUT2D eigenvalue weighted by molar-refractivity contribution is 7.99. The van der Waals surface area contributed by atoms with Gasteiger partial charge in [-0.25, -0.2) is 4.98 Å². The Morgan fingerprint density at radius 1 is 1.23 bits per heavy atom. The molecule has 1 amide bonds. The summed E-state index contributed by atoms with van der Waals surface area (Å²) in [6.07, 6.45) is 3.38. The molecule has 4 aromatic rings. The molecule has 3 heterocycles. The topological polar surface area (TPSA) is 96.7 Å². The third-order valence-corrected chi connectivity index (χ3v) is 4.71. The second-order valence-corrected chi connectivity index (χ2v) is 6.58. The van der Waals surface area contributed by atoms with Crippen LogP contribution in [0.25, 0.3) is 22.4 Å². The molecule has 0 radical (unpaired) electrons. The van der Waals surface area contributed by atoms with Crippen molar-refractivity contribution in [3.8, 4) is 11.5 Å². The van der Waals surface area contributed by atoms with Gasteiger partial charge in [0.1, 0.15) is 0 Å². The Hall–Kier alpha value is -2.84. The van der Waals surface area contributed by atoms with E-state index in [2.05, 4.69) is 25.5 Å². The summed E-state index contributed by atoms with van der Waals surface area (Å²) in [5.74, 6) is 0.276. The van der Waals surface area contributed by atoms with Crippen LogP contribution in [0, 0.1) is 0 Å². The monoisotopic (exact) mass is 385 g/mol. The van der Waals surface area contributed by atoms with Gasteiger partial charge in [-0.15, -0.1) is 10.2 Å². The summed E-state index contributed by atoms with van der Waals surface area (Å²) in [7, 11) is 0. The van der Waals surface area contributed by atoms with Gasteiger partial charge in [0.05, 0.1) is 17.0 Å². The summed E-state index contributed by atoms with van der Waals surface area (Å²) in [6.45, 7) is 0. The average Bonchev–Trinajstić information content (AvgIpc) is 3.28. The van der Waals surface area contributed by atoms with Gasteiger partial charge in [0.25, 0.3) is 11.1 Å². The molecule has 7 nitrogen and oxygen atoms in total. The minimum absolute atomic E-state index is 0.112. The van der Waals surface area contributed by atoms with Crippen LogP contribution in [0.1, 0.15) is 0 Å². The number of nitrogens with one attached hydrogen (secondary N) is 2. The third-order valence-electron chi connectivity index (χ3n) is 3.59. The number of carbonyl (C=O) groups excluding carboxylic acids is 1. The number of pyridine rings is 1. The zero-order valence-corrected chi connectivity index (χ0v) is 14.8. The average molecular weight is 386 g/mol. The molecule has 0 atom stereocenters. The number of H-pyrrole nitrogens is 1. The first kappa shape index (κ1) is 16.6. The number of amides is 1.